The van der Waals surface area contributed by atoms with Crippen LogP contribution in [-0.2, 0) is 9.59 Å². The van der Waals surface area contributed by atoms with Crippen molar-refractivity contribution in [3.05, 3.63) is 40.9 Å². The van der Waals surface area contributed by atoms with Gasteiger partial charge in [0, 0.05) is 11.8 Å². The van der Waals surface area contributed by atoms with Crippen molar-refractivity contribution in [2.45, 2.75) is 19.1 Å². The van der Waals surface area contributed by atoms with E-state index in [0.29, 0.717) is 17.3 Å². The molecule has 2 rings (SSSR count). The van der Waals surface area contributed by atoms with E-state index >= 15 is 0 Å². The molecule has 0 aliphatic heterocycles. The standard InChI is InChI=1S/C15H15ClFN3O3S/c1-8-5-13(20-23-8)19-15(22)9(2)24-7-14(21)18-10-3-4-12(17)11(16)6-10/h3-6,9H,7H2,1-2H3,(H,18,21)(H,19,20,22)/t9-/m0/s1. The quantitative estimate of drug-likeness (QED) is 0.812. The summed E-state index contributed by atoms with van der Waals surface area (Å²) >= 11 is 6.80. The molecule has 2 aromatic rings. The van der Waals surface area contributed by atoms with Crippen LogP contribution in [0.2, 0.25) is 5.02 Å². The second kappa shape index (κ2) is 8.16. The smallest absolute Gasteiger partial charge is 0.238 e. The second-order valence-electron chi connectivity index (χ2n) is 4.94. The maximum Gasteiger partial charge on any atom is 0.238 e. The molecule has 128 valence electrons. The van der Waals surface area contributed by atoms with Crippen LogP contribution < -0.4 is 10.6 Å². The van der Waals surface area contributed by atoms with Gasteiger partial charge >= 0.3 is 0 Å². The molecular weight excluding hydrogens is 357 g/mol. The van der Waals surface area contributed by atoms with E-state index < -0.39 is 11.1 Å². The van der Waals surface area contributed by atoms with Crippen molar-refractivity contribution in [3.63, 3.8) is 0 Å². The number of anilines is 2. The fraction of sp³-hybridized carbons (Fsp3) is 0.267. The van der Waals surface area contributed by atoms with Gasteiger partial charge in [-0.15, -0.1) is 11.8 Å². The maximum atomic E-state index is 13.1. The number of rotatable bonds is 6. The Morgan fingerprint density at radius 2 is 2.12 bits per heavy atom. The van der Waals surface area contributed by atoms with Gasteiger partial charge in [0.1, 0.15) is 11.6 Å². The van der Waals surface area contributed by atoms with E-state index in [2.05, 4.69) is 15.8 Å². The molecule has 0 bridgehead atoms. The highest BCUT2D eigenvalue weighted by molar-refractivity contribution is 8.01. The molecule has 1 heterocycles. The Morgan fingerprint density at radius 3 is 2.75 bits per heavy atom. The van der Waals surface area contributed by atoms with Gasteiger partial charge in [0.25, 0.3) is 0 Å². The van der Waals surface area contributed by atoms with Crippen LogP contribution in [0.5, 0.6) is 0 Å². The summed E-state index contributed by atoms with van der Waals surface area (Å²) in [5.74, 6) is -0.192. The summed E-state index contributed by atoms with van der Waals surface area (Å²) in [6.07, 6.45) is 0. The topological polar surface area (TPSA) is 84.2 Å². The largest absolute Gasteiger partial charge is 0.360 e. The predicted molar refractivity (Wildman–Crippen MR) is 91.8 cm³/mol. The molecule has 0 aliphatic rings. The molecule has 1 atom stereocenters. The molecule has 6 nitrogen and oxygen atoms in total. The molecule has 9 heteroatoms. The molecule has 1 aromatic carbocycles. The van der Waals surface area contributed by atoms with Crippen LogP contribution in [0, 0.1) is 12.7 Å². The van der Waals surface area contributed by atoms with Gasteiger partial charge in [0.15, 0.2) is 5.82 Å². The molecule has 2 N–H and O–H groups in total. The zero-order valence-electron chi connectivity index (χ0n) is 12.9. The van der Waals surface area contributed by atoms with Gasteiger partial charge < -0.3 is 15.2 Å². The average molecular weight is 372 g/mol. The predicted octanol–water partition coefficient (Wildman–Crippen LogP) is 3.47. The number of aromatic nitrogens is 1. The lowest BCUT2D eigenvalue weighted by atomic mass is 10.3. The van der Waals surface area contributed by atoms with Crippen molar-refractivity contribution in [2.75, 3.05) is 16.4 Å². The number of hydrogen-bond donors (Lipinski definition) is 2. The molecule has 0 radical (unpaired) electrons. The van der Waals surface area contributed by atoms with Crippen LogP contribution in [0.3, 0.4) is 0 Å². The fourth-order valence-corrected chi connectivity index (χ4v) is 2.56. The summed E-state index contributed by atoms with van der Waals surface area (Å²) in [6, 6.07) is 5.50. The summed E-state index contributed by atoms with van der Waals surface area (Å²) in [6.45, 7) is 3.39. The lowest BCUT2D eigenvalue weighted by Crippen LogP contribution is -2.25. The number of aryl methyl sites for hydroxylation is 1. The van der Waals surface area contributed by atoms with Crippen LogP contribution >= 0.6 is 23.4 Å². The zero-order valence-corrected chi connectivity index (χ0v) is 14.5. The monoisotopic (exact) mass is 371 g/mol. The van der Waals surface area contributed by atoms with Crippen LogP contribution in [0.25, 0.3) is 0 Å². The van der Waals surface area contributed by atoms with Crippen molar-refractivity contribution >= 4 is 46.7 Å². The molecule has 1 aromatic heterocycles. The van der Waals surface area contributed by atoms with Crippen LogP contribution in [0.4, 0.5) is 15.9 Å². The third kappa shape index (κ3) is 5.24. The average Bonchev–Trinajstić information content (AvgIpc) is 2.93. The molecule has 24 heavy (non-hydrogen) atoms. The van der Waals surface area contributed by atoms with Crippen LogP contribution in [0.1, 0.15) is 12.7 Å². The van der Waals surface area contributed by atoms with Gasteiger partial charge in [-0.3, -0.25) is 9.59 Å². The van der Waals surface area contributed by atoms with Crippen LogP contribution in [0.15, 0.2) is 28.8 Å². The molecular formula is C15H15ClFN3O3S. The summed E-state index contributed by atoms with van der Waals surface area (Å²) in [5.41, 5.74) is 0.391. The number of nitrogens with zero attached hydrogens (tertiary/aromatic N) is 1. The number of carbonyl (C=O) groups excluding carboxylic acids is 2. The summed E-state index contributed by atoms with van der Waals surface area (Å²) < 4.78 is 17.9. The van der Waals surface area contributed by atoms with Crippen molar-refractivity contribution < 1.29 is 18.5 Å². The molecule has 2 amide bonds. The first-order valence-corrected chi connectivity index (χ1v) is 8.38. The number of halogens is 2. The Kier molecular flexibility index (Phi) is 6.22. The number of benzene rings is 1. The number of amides is 2. The fourth-order valence-electron chi connectivity index (χ4n) is 1.70. The van der Waals surface area contributed by atoms with Gasteiger partial charge in [0.05, 0.1) is 16.0 Å². The Hall–Kier alpha value is -2.06. The van der Waals surface area contributed by atoms with E-state index in [1.165, 1.54) is 18.2 Å². The number of carbonyl (C=O) groups is 2. The molecule has 0 spiro atoms. The third-order valence-corrected chi connectivity index (χ3v) is 4.35. The van der Waals surface area contributed by atoms with E-state index in [9.17, 15) is 14.0 Å². The molecule has 0 unspecified atom stereocenters. The first kappa shape index (κ1) is 18.3. The first-order chi connectivity index (χ1) is 11.3. The lowest BCUT2D eigenvalue weighted by molar-refractivity contribution is -0.115. The highest BCUT2D eigenvalue weighted by atomic mass is 35.5. The van der Waals surface area contributed by atoms with E-state index in [1.807, 2.05) is 0 Å². The minimum atomic E-state index is -0.558. The number of hydrogen-bond acceptors (Lipinski definition) is 5. The summed E-state index contributed by atoms with van der Waals surface area (Å²) in [4.78, 5) is 23.8. The molecule has 0 fully saturated rings. The highest BCUT2D eigenvalue weighted by Crippen LogP contribution is 2.20. The van der Waals surface area contributed by atoms with E-state index in [4.69, 9.17) is 16.1 Å². The zero-order chi connectivity index (χ0) is 17.7. The molecule has 0 saturated carbocycles. The third-order valence-electron chi connectivity index (χ3n) is 2.92. The van der Waals surface area contributed by atoms with Crippen molar-refractivity contribution in [1.29, 1.82) is 0 Å². The Morgan fingerprint density at radius 1 is 1.38 bits per heavy atom. The van der Waals surface area contributed by atoms with E-state index in [1.54, 1.807) is 19.9 Å². The molecule has 0 saturated heterocycles. The van der Waals surface area contributed by atoms with Crippen LogP contribution in [-0.4, -0.2) is 28.0 Å². The number of nitrogens with one attached hydrogen (secondary N) is 2. The van der Waals surface area contributed by atoms with Gasteiger partial charge in [0.2, 0.25) is 11.8 Å². The minimum absolute atomic E-state index is 0.0570. The Balaban J connectivity index is 1.79. The minimum Gasteiger partial charge on any atom is -0.360 e. The van der Waals surface area contributed by atoms with Gasteiger partial charge in [-0.1, -0.05) is 16.8 Å². The normalized spacial score (nSPS) is 11.8. The van der Waals surface area contributed by atoms with Gasteiger partial charge in [-0.2, -0.15) is 0 Å². The lowest BCUT2D eigenvalue weighted by Gasteiger charge is -2.10. The number of thioether (sulfide) groups is 1. The summed E-state index contributed by atoms with van der Waals surface area (Å²) in [5, 5.41) is 8.31. The SMILES string of the molecule is Cc1cc(NC(=O)[C@H](C)SCC(=O)Nc2ccc(F)c(Cl)c2)no1. The summed E-state index contributed by atoms with van der Waals surface area (Å²) in [7, 11) is 0. The Bertz CT molecular complexity index is 753. The van der Waals surface area contributed by atoms with Gasteiger partial charge in [-0.25, -0.2) is 4.39 Å². The van der Waals surface area contributed by atoms with Gasteiger partial charge in [-0.05, 0) is 32.0 Å². The van der Waals surface area contributed by atoms with Crippen molar-refractivity contribution in [2.24, 2.45) is 0 Å². The highest BCUT2D eigenvalue weighted by Gasteiger charge is 2.17. The Labute approximate surface area is 147 Å². The van der Waals surface area contributed by atoms with Crippen molar-refractivity contribution in [1.82, 2.24) is 5.16 Å². The molecule has 0 aliphatic carbocycles. The maximum absolute atomic E-state index is 13.1. The van der Waals surface area contributed by atoms with E-state index in [-0.39, 0.29) is 22.6 Å². The van der Waals surface area contributed by atoms with E-state index in [0.717, 1.165) is 11.8 Å². The van der Waals surface area contributed by atoms with Crippen molar-refractivity contribution in [3.8, 4) is 0 Å². The first-order valence-electron chi connectivity index (χ1n) is 6.96. The second-order valence-corrected chi connectivity index (χ2v) is 6.68.